The van der Waals surface area contributed by atoms with Crippen LogP contribution in [0.3, 0.4) is 0 Å². The summed E-state index contributed by atoms with van der Waals surface area (Å²) in [4.78, 5) is 68.5. The highest BCUT2D eigenvalue weighted by atomic mass is 16.7. The molecule has 0 aromatic rings. The quantitative estimate of drug-likeness (QED) is 0.293. The van der Waals surface area contributed by atoms with E-state index in [0.717, 1.165) is 12.5 Å². The molecule has 0 radical (unpaired) electrons. The topological polar surface area (TPSA) is 149 Å². The van der Waals surface area contributed by atoms with Gasteiger partial charge in [0.2, 0.25) is 0 Å². The van der Waals surface area contributed by atoms with E-state index in [1.807, 2.05) is 13.8 Å². The van der Waals surface area contributed by atoms with Gasteiger partial charge in [0.15, 0.2) is 6.23 Å². The van der Waals surface area contributed by atoms with Crippen LogP contribution in [0.15, 0.2) is 12.2 Å². The van der Waals surface area contributed by atoms with E-state index < -0.39 is 41.8 Å². The van der Waals surface area contributed by atoms with Crippen molar-refractivity contribution >= 4 is 29.7 Å². The number of rotatable bonds is 13. The molecule has 0 bridgehead atoms. The monoisotopic (exact) mass is 456 g/mol. The molecule has 3 atom stereocenters. The third-order valence-corrected chi connectivity index (χ3v) is 5.00. The van der Waals surface area contributed by atoms with E-state index in [9.17, 15) is 29.1 Å². The van der Waals surface area contributed by atoms with Crippen LogP contribution in [-0.2, 0) is 43.1 Å². The second-order valence-corrected chi connectivity index (χ2v) is 7.31. The Morgan fingerprint density at radius 3 is 2.19 bits per heavy atom. The van der Waals surface area contributed by atoms with Crippen LogP contribution in [0.2, 0.25) is 0 Å². The highest BCUT2D eigenvalue weighted by Crippen LogP contribution is 2.28. The Morgan fingerprint density at radius 1 is 1.06 bits per heavy atom. The number of hydrogen-bond acceptors (Lipinski definition) is 10. The molecule has 12 nitrogen and oxygen atoms in total. The average molecular weight is 456 g/mol. The lowest BCUT2D eigenvalue weighted by Crippen LogP contribution is -2.36. The number of amides is 3. The molecule has 12 heteroatoms. The third kappa shape index (κ3) is 7.11. The second-order valence-electron chi connectivity index (χ2n) is 7.31. The molecular weight excluding hydrogens is 428 g/mol. The minimum atomic E-state index is -1.30. The van der Waals surface area contributed by atoms with E-state index in [4.69, 9.17) is 19.1 Å². The van der Waals surface area contributed by atoms with E-state index in [0.29, 0.717) is 10.1 Å². The predicted octanol–water partition coefficient (Wildman–Crippen LogP) is -0.146. The predicted molar refractivity (Wildman–Crippen MR) is 104 cm³/mol. The number of carbonyl (C=O) groups is 5. The first-order valence-electron chi connectivity index (χ1n) is 10.4. The van der Waals surface area contributed by atoms with E-state index in [1.165, 1.54) is 6.08 Å². The molecule has 1 fully saturated rings. The molecule has 3 amide bonds. The summed E-state index contributed by atoms with van der Waals surface area (Å²) in [5.74, 6) is -3.60. The number of nitrogens with zero attached hydrogens (tertiary/aromatic N) is 2. The molecule has 0 aromatic heterocycles. The summed E-state index contributed by atoms with van der Waals surface area (Å²) in [6.07, 6.45) is 1.46. The van der Waals surface area contributed by atoms with Crippen molar-refractivity contribution in [2.24, 2.45) is 11.8 Å². The maximum atomic E-state index is 12.2. The van der Waals surface area contributed by atoms with Gasteiger partial charge < -0.3 is 24.3 Å². The van der Waals surface area contributed by atoms with Gasteiger partial charge in [0.25, 0.3) is 17.7 Å². The molecule has 32 heavy (non-hydrogen) atoms. The van der Waals surface area contributed by atoms with Gasteiger partial charge in [-0.05, 0) is 12.0 Å². The van der Waals surface area contributed by atoms with Gasteiger partial charge in [-0.15, -0.1) is 10.1 Å². The van der Waals surface area contributed by atoms with Gasteiger partial charge in [-0.2, -0.15) is 0 Å². The number of carbonyl (C=O) groups excluding carboxylic acids is 5. The second kappa shape index (κ2) is 12.3. The van der Waals surface area contributed by atoms with Gasteiger partial charge >= 0.3 is 11.9 Å². The summed E-state index contributed by atoms with van der Waals surface area (Å²) >= 11 is 0. The van der Waals surface area contributed by atoms with Gasteiger partial charge in [-0.3, -0.25) is 14.4 Å². The number of hydrogen-bond donors (Lipinski definition) is 1. The fourth-order valence-corrected chi connectivity index (χ4v) is 2.94. The van der Waals surface area contributed by atoms with E-state index >= 15 is 0 Å². The van der Waals surface area contributed by atoms with Gasteiger partial charge in [0.05, 0.1) is 45.2 Å². The lowest BCUT2D eigenvalue weighted by molar-refractivity contribution is -0.217. The maximum Gasteiger partial charge on any atom is 0.335 e. The van der Waals surface area contributed by atoms with Crippen molar-refractivity contribution in [2.45, 2.75) is 45.8 Å². The lowest BCUT2D eigenvalue weighted by Gasteiger charge is -2.18. The number of ether oxygens (including phenoxy) is 2. The van der Waals surface area contributed by atoms with Crippen LogP contribution in [0.25, 0.3) is 0 Å². The van der Waals surface area contributed by atoms with Crippen LogP contribution in [0.5, 0.6) is 0 Å². The average Bonchev–Trinajstić information content (AvgIpc) is 3.22. The third-order valence-electron chi connectivity index (χ3n) is 5.00. The Morgan fingerprint density at radius 2 is 1.66 bits per heavy atom. The van der Waals surface area contributed by atoms with Crippen molar-refractivity contribution < 1.29 is 48.2 Å². The van der Waals surface area contributed by atoms with Gasteiger partial charge in [0.1, 0.15) is 0 Å². The van der Waals surface area contributed by atoms with Crippen molar-refractivity contribution in [1.82, 2.24) is 10.1 Å². The summed E-state index contributed by atoms with van der Waals surface area (Å²) in [6, 6.07) is 0. The fourth-order valence-electron chi connectivity index (χ4n) is 2.94. The summed E-state index contributed by atoms with van der Waals surface area (Å²) in [5.41, 5.74) is 0. The molecule has 2 heterocycles. The molecule has 2 rings (SSSR count). The van der Waals surface area contributed by atoms with E-state index in [-0.39, 0.29) is 51.6 Å². The summed E-state index contributed by atoms with van der Waals surface area (Å²) < 4.78 is 10.4. The molecule has 1 saturated heterocycles. The molecule has 3 unspecified atom stereocenters. The van der Waals surface area contributed by atoms with Crippen molar-refractivity contribution in [2.75, 3.05) is 26.4 Å². The number of aliphatic hydroxyl groups excluding tert-OH is 1. The largest absolute Gasteiger partial charge is 0.378 e. The number of imide groups is 1. The molecule has 0 spiro atoms. The first-order chi connectivity index (χ1) is 15.2. The van der Waals surface area contributed by atoms with Gasteiger partial charge in [-0.25, -0.2) is 9.59 Å². The van der Waals surface area contributed by atoms with Crippen molar-refractivity contribution in [3.63, 3.8) is 0 Å². The summed E-state index contributed by atoms with van der Waals surface area (Å²) in [5, 5.41) is 10.5. The maximum absolute atomic E-state index is 12.2. The van der Waals surface area contributed by atoms with Crippen LogP contribution < -0.4 is 0 Å². The standard InChI is InChI=1S/C20H28N2O10/c1-3-13(2)14-12-17(25)22(20(14)28)32-19(27)7-9-30-11-10-29-8-6-18(26)31-21-15(23)4-5-16(21)24/h4-5,13-15,23H,3,6-12H2,1-2H3. The van der Waals surface area contributed by atoms with Gasteiger partial charge in [-0.1, -0.05) is 20.3 Å². The molecule has 2 aliphatic rings. The molecule has 0 aromatic carbocycles. The molecule has 2 aliphatic heterocycles. The normalized spacial score (nSPS) is 21.4. The van der Waals surface area contributed by atoms with Crippen LogP contribution in [0.1, 0.15) is 39.5 Å². The Labute approximate surface area is 184 Å². The Balaban J connectivity index is 1.51. The van der Waals surface area contributed by atoms with Gasteiger partial charge in [0, 0.05) is 12.5 Å². The minimum Gasteiger partial charge on any atom is -0.378 e. The first kappa shape index (κ1) is 25.4. The number of aliphatic hydroxyl groups is 1. The molecule has 1 N–H and O–H groups in total. The van der Waals surface area contributed by atoms with Crippen molar-refractivity contribution in [3.05, 3.63) is 12.2 Å². The summed E-state index contributed by atoms with van der Waals surface area (Å²) in [7, 11) is 0. The minimum absolute atomic E-state index is 0.00277. The van der Waals surface area contributed by atoms with Crippen LogP contribution in [-0.4, -0.2) is 77.5 Å². The number of hydroxylamine groups is 4. The summed E-state index contributed by atoms with van der Waals surface area (Å²) in [6.45, 7) is 4.06. The van der Waals surface area contributed by atoms with Crippen molar-refractivity contribution in [3.8, 4) is 0 Å². The molecule has 0 saturated carbocycles. The van der Waals surface area contributed by atoms with Crippen LogP contribution in [0, 0.1) is 11.8 Å². The first-order valence-corrected chi connectivity index (χ1v) is 10.4. The van der Waals surface area contributed by atoms with Crippen molar-refractivity contribution in [1.29, 1.82) is 0 Å². The zero-order valence-corrected chi connectivity index (χ0v) is 18.1. The highest BCUT2D eigenvalue weighted by molar-refractivity contribution is 6.03. The van der Waals surface area contributed by atoms with E-state index in [1.54, 1.807) is 0 Å². The fraction of sp³-hybridized carbons (Fsp3) is 0.650. The van der Waals surface area contributed by atoms with Crippen LogP contribution >= 0.6 is 0 Å². The van der Waals surface area contributed by atoms with Crippen LogP contribution in [0.4, 0.5) is 0 Å². The smallest absolute Gasteiger partial charge is 0.335 e. The van der Waals surface area contributed by atoms with E-state index in [2.05, 4.69) is 0 Å². The zero-order valence-electron chi connectivity index (χ0n) is 18.1. The highest BCUT2D eigenvalue weighted by Gasteiger charge is 2.43. The Hall–Kier alpha value is -2.83. The SMILES string of the molecule is CCC(C)C1CC(=O)N(OC(=O)CCOCCOCCC(=O)ON2C(=O)C=CC2O)C1=O. The molecule has 0 aliphatic carbocycles. The Kier molecular flexibility index (Phi) is 9.75. The molecular formula is C20H28N2O10. The Bertz CT molecular complexity index is 753. The lowest BCUT2D eigenvalue weighted by atomic mass is 9.91. The zero-order chi connectivity index (χ0) is 23.7. The molecule has 178 valence electrons.